The van der Waals surface area contributed by atoms with Crippen LogP contribution in [0.5, 0.6) is 0 Å². The van der Waals surface area contributed by atoms with E-state index in [4.69, 9.17) is 0 Å². The van der Waals surface area contributed by atoms with Crippen molar-refractivity contribution in [1.82, 2.24) is 5.32 Å². The molecule has 1 atom stereocenters. The van der Waals surface area contributed by atoms with Crippen molar-refractivity contribution in [3.8, 4) is 0 Å². The lowest BCUT2D eigenvalue weighted by molar-refractivity contribution is 0.622. The third-order valence-electron chi connectivity index (χ3n) is 2.46. The minimum atomic E-state index is 0.758. The molecule has 1 heterocycles. The first kappa shape index (κ1) is 6.96. The molecule has 1 N–H and O–H groups in total. The Morgan fingerprint density at radius 2 is 2.45 bits per heavy atom. The number of allylic oxidation sites excluding steroid dienone is 3. The van der Waals surface area contributed by atoms with Crippen LogP contribution in [0.25, 0.3) is 0 Å². The molecule has 0 saturated carbocycles. The predicted octanol–water partition coefficient (Wildman–Crippen LogP) is 2.22. The fourth-order valence-electron chi connectivity index (χ4n) is 1.84. The minimum Gasteiger partial charge on any atom is -0.385 e. The number of fused-ring (bicyclic) bond motifs is 1. The number of nitrogens with one attached hydrogen (secondary N) is 1. The highest BCUT2D eigenvalue weighted by Gasteiger charge is 2.15. The van der Waals surface area contributed by atoms with Crippen molar-refractivity contribution in [2.75, 3.05) is 6.54 Å². The fourth-order valence-corrected chi connectivity index (χ4v) is 1.84. The van der Waals surface area contributed by atoms with Crippen LogP contribution in [0.3, 0.4) is 0 Å². The normalized spacial score (nSPS) is 29.7. The number of hydrogen-bond donors (Lipinski definition) is 1. The molecular formula is C10H15N. The van der Waals surface area contributed by atoms with Crippen molar-refractivity contribution in [2.24, 2.45) is 5.92 Å². The van der Waals surface area contributed by atoms with Gasteiger partial charge >= 0.3 is 0 Å². The van der Waals surface area contributed by atoms with Gasteiger partial charge in [-0.3, -0.25) is 0 Å². The van der Waals surface area contributed by atoms with Gasteiger partial charge in [-0.2, -0.15) is 0 Å². The lowest BCUT2D eigenvalue weighted by Crippen LogP contribution is -2.24. The van der Waals surface area contributed by atoms with Crippen LogP contribution in [0.1, 0.15) is 26.2 Å². The number of piperidine rings is 1. The average Bonchev–Trinajstić information content (AvgIpc) is 2.04. The molecule has 1 heteroatoms. The molecule has 0 spiro atoms. The second-order valence-electron chi connectivity index (χ2n) is 3.55. The van der Waals surface area contributed by atoms with E-state index in [2.05, 4.69) is 24.4 Å². The summed E-state index contributed by atoms with van der Waals surface area (Å²) in [6, 6.07) is 0. The summed E-state index contributed by atoms with van der Waals surface area (Å²) in [4.78, 5) is 0. The molecule has 2 aliphatic rings. The molecule has 1 aliphatic carbocycles. The molecule has 0 radical (unpaired) electrons. The average molecular weight is 149 g/mol. The monoisotopic (exact) mass is 149 g/mol. The highest BCUT2D eigenvalue weighted by Crippen LogP contribution is 2.26. The Balaban J connectivity index is 2.19. The van der Waals surface area contributed by atoms with E-state index in [-0.39, 0.29) is 0 Å². The highest BCUT2D eigenvalue weighted by molar-refractivity contribution is 5.34. The van der Waals surface area contributed by atoms with Crippen LogP contribution in [0.15, 0.2) is 23.4 Å². The second kappa shape index (κ2) is 2.72. The molecule has 1 fully saturated rings. The van der Waals surface area contributed by atoms with E-state index in [0.717, 1.165) is 12.5 Å². The topological polar surface area (TPSA) is 12.0 Å². The smallest absolute Gasteiger partial charge is 0.0329 e. The van der Waals surface area contributed by atoms with Gasteiger partial charge in [0.05, 0.1) is 0 Å². The van der Waals surface area contributed by atoms with Crippen LogP contribution in [0.4, 0.5) is 0 Å². The van der Waals surface area contributed by atoms with E-state index in [0.29, 0.717) is 0 Å². The molecular weight excluding hydrogens is 134 g/mol. The Hall–Kier alpha value is -0.720. The van der Waals surface area contributed by atoms with E-state index >= 15 is 0 Å². The first-order chi connectivity index (χ1) is 5.36. The summed E-state index contributed by atoms with van der Waals surface area (Å²) < 4.78 is 0. The van der Waals surface area contributed by atoms with Gasteiger partial charge in [-0.1, -0.05) is 19.1 Å². The maximum absolute atomic E-state index is 3.43. The summed E-state index contributed by atoms with van der Waals surface area (Å²) in [6.07, 6.45) is 8.56. The van der Waals surface area contributed by atoms with E-state index < -0.39 is 0 Å². The van der Waals surface area contributed by atoms with Crippen LogP contribution in [-0.4, -0.2) is 6.54 Å². The number of hydrogen-bond acceptors (Lipinski definition) is 1. The Kier molecular flexibility index (Phi) is 1.72. The maximum Gasteiger partial charge on any atom is 0.0329 e. The van der Waals surface area contributed by atoms with Gasteiger partial charge in [0.15, 0.2) is 0 Å². The lowest BCUT2D eigenvalue weighted by Gasteiger charge is -2.25. The third kappa shape index (κ3) is 1.32. The molecule has 60 valence electrons. The second-order valence-corrected chi connectivity index (χ2v) is 3.55. The van der Waals surface area contributed by atoms with E-state index in [1.807, 2.05) is 0 Å². The van der Waals surface area contributed by atoms with Gasteiger partial charge < -0.3 is 5.32 Å². The maximum atomic E-state index is 3.43. The molecule has 0 bridgehead atoms. The van der Waals surface area contributed by atoms with Crippen LogP contribution >= 0.6 is 0 Å². The molecule has 0 aromatic heterocycles. The first-order valence-electron chi connectivity index (χ1n) is 4.51. The summed E-state index contributed by atoms with van der Waals surface area (Å²) >= 11 is 0. The van der Waals surface area contributed by atoms with Gasteiger partial charge in [0.2, 0.25) is 0 Å². The van der Waals surface area contributed by atoms with E-state index in [1.54, 1.807) is 5.57 Å². The highest BCUT2D eigenvalue weighted by atomic mass is 14.9. The summed E-state index contributed by atoms with van der Waals surface area (Å²) in [5, 5.41) is 3.43. The van der Waals surface area contributed by atoms with Crippen LogP contribution in [-0.2, 0) is 0 Å². The molecule has 1 nitrogen and oxygen atoms in total. The summed E-state index contributed by atoms with van der Waals surface area (Å²) in [5.74, 6) is 0.758. The van der Waals surface area contributed by atoms with Crippen molar-refractivity contribution in [1.29, 1.82) is 0 Å². The lowest BCUT2D eigenvalue weighted by atomic mass is 9.91. The molecule has 1 unspecified atom stereocenters. The van der Waals surface area contributed by atoms with Crippen molar-refractivity contribution >= 4 is 0 Å². The van der Waals surface area contributed by atoms with Gasteiger partial charge in [0, 0.05) is 12.2 Å². The van der Waals surface area contributed by atoms with Crippen LogP contribution in [0, 0.1) is 5.92 Å². The SMILES string of the molecule is CC1C=C2CCCNC2=CC1. The molecule has 0 aromatic rings. The largest absolute Gasteiger partial charge is 0.385 e. The Morgan fingerprint density at radius 1 is 1.55 bits per heavy atom. The fraction of sp³-hybridized carbons (Fsp3) is 0.600. The molecule has 1 aliphatic heterocycles. The van der Waals surface area contributed by atoms with Gasteiger partial charge in [-0.25, -0.2) is 0 Å². The summed E-state index contributed by atoms with van der Waals surface area (Å²) in [6.45, 7) is 3.45. The quantitative estimate of drug-likeness (QED) is 0.557. The van der Waals surface area contributed by atoms with Crippen LogP contribution < -0.4 is 5.32 Å². The zero-order valence-electron chi connectivity index (χ0n) is 7.06. The van der Waals surface area contributed by atoms with Gasteiger partial charge in [0.25, 0.3) is 0 Å². The van der Waals surface area contributed by atoms with E-state index in [1.165, 1.54) is 25.0 Å². The molecule has 11 heavy (non-hydrogen) atoms. The Bertz CT molecular complexity index is 213. The zero-order valence-corrected chi connectivity index (χ0v) is 7.06. The van der Waals surface area contributed by atoms with Gasteiger partial charge in [-0.05, 0) is 30.8 Å². The predicted molar refractivity (Wildman–Crippen MR) is 47.2 cm³/mol. The van der Waals surface area contributed by atoms with Crippen molar-refractivity contribution in [3.05, 3.63) is 23.4 Å². The van der Waals surface area contributed by atoms with E-state index in [9.17, 15) is 0 Å². The summed E-state index contributed by atoms with van der Waals surface area (Å²) in [7, 11) is 0. The summed E-state index contributed by atoms with van der Waals surface area (Å²) in [5.41, 5.74) is 2.96. The molecule has 0 amide bonds. The Labute approximate surface area is 68.2 Å². The zero-order chi connectivity index (χ0) is 7.68. The number of rotatable bonds is 0. The minimum absolute atomic E-state index is 0.758. The standard InChI is InChI=1S/C10H15N/c1-8-4-5-10-9(7-8)3-2-6-11-10/h5,7-8,11H,2-4,6H2,1H3. The van der Waals surface area contributed by atoms with Crippen molar-refractivity contribution < 1.29 is 0 Å². The molecule has 2 rings (SSSR count). The van der Waals surface area contributed by atoms with Crippen molar-refractivity contribution in [2.45, 2.75) is 26.2 Å². The van der Waals surface area contributed by atoms with Gasteiger partial charge in [-0.15, -0.1) is 0 Å². The Morgan fingerprint density at radius 3 is 3.36 bits per heavy atom. The molecule has 0 aromatic carbocycles. The third-order valence-corrected chi connectivity index (χ3v) is 2.46. The van der Waals surface area contributed by atoms with Crippen LogP contribution in [0.2, 0.25) is 0 Å². The van der Waals surface area contributed by atoms with Crippen molar-refractivity contribution in [3.63, 3.8) is 0 Å². The first-order valence-corrected chi connectivity index (χ1v) is 4.51. The van der Waals surface area contributed by atoms with Gasteiger partial charge in [0.1, 0.15) is 0 Å². The molecule has 1 saturated heterocycles.